The van der Waals surface area contributed by atoms with Gasteiger partial charge in [0.25, 0.3) is 0 Å². The fraction of sp³-hybridized carbons (Fsp3) is 0.562. The van der Waals surface area contributed by atoms with Gasteiger partial charge in [-0.25, -0.2) is 0 Å². The second-order valence-electron chi connectivity index (χ2n) is 4.79. The van der Waals surface area contributed by atoms with Crippen LogP contribution in [0.1, 0.15) is 19.4 Å². The summed E-state index contributed by atoms with van der Waals surface area (Å²) in [6, 6.07) is 8.18. The molecular weight excluding hydrogens is 409 g/mol. The van der Waals surface area contributed by atoms with E-state index in [1.807, 2.05) is 23.9 Å². The van der Waals surface area contributed by atoms with Crippen molar-refractivity contribution in [2.75, 3.05) is 33.0 Å². The fourth-order valence-electron chi connectivity index (χ4n) is 1.75. The second kappa shape index (κ2) is 12.9. The lowest BCUT2D eigenvalue weighted by Gasteiger charge is -2.12. The van der Waals surface area contributed by atoms with Gasteiger partial charge in [0.15, 0.2) is 5.96 Å². The number of halogens is 1. The number of nitrogens with zero attached hydrogens (tertiary/aromatic N) is 1. The first-order valence-electron chi connectivity index (χ1n) is 7.37. The molecule has 0 bridgehead atoms. The van der Waals surface area contributed by atoms with Crippen LogP contribution in [0, 0.1) is 0 Å². The molecule has 0 spiro atoms. The molecule has 1 rings (SSSR count). The van der Waals surface area contributed by atoms with Crippen LogP contribution in [0.15, 0.2) is 29.3 Å². The van der Waals surface area contributed by atoms with Crippen LogP contribution in [0.3, 0.4) is 0 Å². The summed E-state index contributed by atoms with van der Waals surface area (Å²) in [6.07, 6.45) is 3.08. The summed E-state index contributed by atoms with van der Waals surface area (Å²) in [5, 5.41) is 7.20. The van der Waals surface area contributed by atoms with E-state index in [1.165, 1.54) is 5.56 Å². The Labute approximate surface area is 155 Å². The van der Waals surface area contributed by atoms with Crippen molar-refractivity contribution in [1.82, 2.24) is 10.6 Å². The maximum atomic E-state index is 5.16. The largest absolute Gasteiger partial charge is 0.497 e. The van der Waals surface area contributed by atoms with Crippen LogP contribution in [0.5, 0.6) is 5.75 Å². The minimum atomic E-state index is 0. The number of aliphatic imine (C=N–C) groups is 1. The van der Waals surface area contributed by atoms with Gasteiger partial charge < -0.3 is 15.4 Å². The number of nitrogens with one attached hydrogen (secondary N) is 2. The lowest BCUT2D eigenvalue weighted by Crippen LogP contribution is -2.38. The Balaban J connectivity index is 0.00000441. The van der Waals surface area contributed by atoms with E-state index in [-0.39, 0.29) is 24.0 Å². The molecule has 1 unspecified atom stereocenters. The third-order valence-corrected chi connectivity index (χ3v) is 4.07. The lowest BCUT2D eigenvalue weighted by atomic mass is 10.1. The quantitative estimate of drug-likeness (QED) is 0.373. The number of hydrogen-bond donors (Lipinski definition) is 2. The van der Waals surface area contributed by atoms with Gasteiger partial charge in [-0.15, -0.1) is 24.0 Å². The topological polar surface area (TPSA) is 45.7 Å². The minimum absolute atomic E-state index is 0. The Bertz CT molecular complexity index is 426. The molecule has 1 atom stereocenters. The van der Waals surface area contributed by atoms with Crippen LogP contribution in [-0.4, -0.2) is 44.2 Å². The standard InChI is InChI=1S/C16H27N3OS.HI/c1-5-17-16(19-12-13(2)21-4)18-11-10-14-6-8-15(20-3)9-7-14;/h6-9,13H,5,10-12H2,1-4H3,(H2,17,18,19);1H. The number of benzene rings is 1. The molecule has 0 fully saturated rings. The van der Waals surface area contributed by atoms with Crippen molar-refractivity contribution in [2.24, 2.45) is 4.99 Å². The predicted molar refractivity (Wildman–Crippen MR) is 109 cm³/mol. The maximum Gasteiger partial charge on any atom is 0.191 e. The van der Waals surface area contributed by atoms with E-state index < -0.39 is 0 Å². The zero-order chi connectivity index (χ0) is 15.5. The average molecular weight is 437 g/mol. The number of rotatable bonds is 8. The summed E-state index contributed by atoms with van der Waals surface area (Å²) in [7, 11) is 1.69. The fourth-order valence-corrected chi connectivity index (χ4v) is 1.98. The van der Waals surface area contributed by atoms with Gasteiger partial charge in [-0.3, -0.25) is 4.99 Å². The van der Waals surface area contributed by atoms with Gasteiger partial charge >= 0.3 is 0 Å². The Morgan fingerprint density at radius 3 is 2.50 bits per heavy atom. The number of guanidine groups is 1. The third kappa shape index (κ3) is 8.73. The average Bonchev–Trinajstić information content (AvgIpc) is 2.52. The normalized spacial score (nSPS) is 12.3. The summed E-state index contributed by atoms with van der Waals surface area (Å²) in [6.45, 7) is 6.85. The van der Waals surface area contributed by atoms with Crippen molar-refractivity contribution in [3.05, 3.63) is 29.8 Å². The molecule has 6 heteroatoms. The van der Waals surface area contributed by atoms with Gasteiger partial charge in [0.1, 0.15) is 5.75 Å². The molecule has 22 heavy (non-hydrogen) atoms. The van der Waals surface area contributed by atoms with Crippen molar-refractivity contribution >= 4 is 41.7 Å². The highest BCUT2D eigenvalue weighted by Gasteiger charge is 2.01. The lowest BCUT2D eigenvalue weighted by molar-refractivity contribution is 0.414. The Morgan fingerprint density at radius 1 is 1.27 bits per heavy atom. The molecule has 0 saturated carbocycles. The second-order valence-corrected chi connectivity index (χ2v) is 6.07. The number of thioether (sulfide) groups is 1. The minimum Gasteiger partial charge on any atom is -0.497 e. The molecule has 0 amide bonds. The summed E-state index contributed by atoms with van der Waals surface area (Å²) in [5.74, 6) is 1.79. The molecule has 2 N–H and O–H groups in total. The molecule has 0 saturated heterocycles. The SMILES string of the molecule is CCNC(=NCC(C)SC)NCCc1ccc(OC)cc1.I. The highest BCUT2D eigenvalue weighted by atomic mass is 127. The molecule has 0 aliphatic carbocycles. The zero-order valence-corrected chi connectivity index (χ0v) is 17.0. The van der Waals surface area contributed by atoms with E-state index in [1.54, 1.807) is 7.11 Å². The van der Waals surface area contributed by atoms with Crippen LogP contribution in [0.4, 0.5) is 0 Å². The zero-order valence-electron chi connectivity index (χ0n) is 13.9. The van der Waals surface area contributed by atoms with Crippen molar-refractivity contribution in [3.63, 3.8) is 0 Å². The van der Waals surface area contributed by atoms with Crippen molar-refractivity contribution < 1.29 is 4.74 Å². The first kappa shape index (κ1) is 21.4. The van der Waals surface area contributed by atoms with E-state index in [9.17, 15) is 0 Å². The smallest absolute Gasteiger partial charge is 0.191 e. The van der Waals surface area contributed by atoms with Crippen molar-refractivity contribution in [2.45, 2.75) is 25.5 Å². The van der Waals surface area contributed by atoms with Gasteiger partial charge in [-0.1, -0.05) is 19.1 Å². The first-order chi connectivity index (χ1) is 10.2. The van der Waals surface area contributed by atoms with E-state index in [4.69, 9.17) is 4.74 Å². The molecular formula is C16H28IN3OS. The molecule has 0 aliphatic heterocycles. The summed E-state index contributed by atoms with van der Waals surface area (Å²) in [4.78, 5) is 4.60. The monoisotopic (exact) mass is 437 g/mol. The van der Waals surface area contributed by atoms with E-state index in [0.717, 1.165) is 37.8 Å². The van der Waals surface area contributed by atoms with E-state index >= 15 is 0 Å². The maximum absolute atomic E-state index is 5.16. The molecule has 0 radical (unpaired) electrons. The van der Waals surface area contributed by atoms with E-state index in [0.29, 0.717) is 5.25 Å². The van der Waals surface area contributed by atoms with Gasteiger partial charge in [-0.2, -0.15) is 11.8 Å². The number of methoxy groups -OCH3 is 1. The Kier molecular flexibility index (Phi) is 12.5. The molecule has 4 nitrogen and oxygen atoms in total. The molecule has 1 aromatic rings. The van der Waals surface area contributed by atoms with Crippen LogP contribution < -0.4 is 15.4 Å². The van der Waals surface area contributed by atoms with Crippen LogP contribution in [0.25, 0.3) is 0 Å². The molecule has 0 aliphatic rings. The summed E-state index contributed by atoms with van der Waals surface area (Å²) >= 11 is 1.83. The van der Waals surface area contributed by atoms with Crippen molar-refractivity contribution in [3.8, 4) is 5.75 Å². The first-order valence-corrected chi connectivity index (χ1v) is 8.66. The van der Waals surface area contributed by atoms with Gasteiger partial charge in [0, 0.05) is 18.3 Å². The van der Waals surface area contributed by atoms with Gasteiger partial charge in [0.2, 0.25) is 0 Å². The van der Waals surface area contributed by atoms with Crippen molar-refractivity contribution in [1.29, 1.82) is 0 Å². The Hall–Kier alpha value is -0.630. The van der Waals surface area contributed by atoms with Crippen LogP contribution in [0.2, 0.25) is 0 Å². The molecule has 0 aromatic heterocycles. The highest BCUT2D eigenvalue weighted by Crippen LogP contribution is 2.11. The van der Waals surface area contributed by atoms with E-state index in [2.05, 4.69) is 47.9 Å². The van der Waals surface area contributed by atoms with Crippen LogP contribution >= 0.6 is 35.7 Å². The molecule has 126 valence electrons. The van der Waals surface area contributed by atoms with Crippen LogP contribution in [-0.2, 0) is 6.42 Å². The summed E-state index contributed by atoms with van der Waals surface area (Å²) < 4.78 is 5.16. The Morgan fingerprint density at radius 2 is 1.95 bits per heavy atom. The molecule has 0 heterocycles. The number of hydrogen-bond acceptors (Lipinski definition) is 3. The highest BCUT2D eigenvalue weighted by molar-refractivity contribution is 14.0. The molecule has 1 aromatic carbocycles. The number of ether oxygens (including phenoxy) is 1. The third-order valence-electron chi connectivity index (χ3n) is 3.12. The van der Waals surface area contributed by atoms with Gasteiger partial charge in [-0.05, 0) is 37.3 Å². The summed E-state index contributed by atoms with van der Waals surface area (Å²) in [5.41, 5.74) is 1.29. The predicted octanol–water partition coefficient (Wildman–Crippen LogP) is 3.16. The van der Waals surface area contributed by atoms with Gasteiger partial charge in [0.05, 0.1) is 13.7 Å².